The Hall–Kier alpha value is -0.860. The summed E-state index contributed by atoms with van der Waals surface area (Å²) in [6.07, 6.45) is 8.10. The van der Waals surface area contributed by atoms with Gasteiger partial charge in [0.15, 0.2) is 0 Å². The first-order valence-corrected chi connectivity index (χ1v) is 8.66. The summed E-state index contributed by atoms with van der Waals surface area (Å²) in [5.74, 6) is 0.984. The molecule has 0 heterocycles. The number of hydrogen-bond donors (Lipinski definition) is 1. The van der Waals surface area contributed by atoms with Gasteiger partial charge < -0.3 is 5.32 Å². The van der Waals surface area contributed by atoms with Gasteiger partial charge in [-0.3, -0.25) is 4.90 Å². The van der Waals surface area contributed by atoms with Crippen LogP contribution in [0.4, 0.5) is 0 Å². The van der Waals surface area contributed by atoms with Crippen LogP contribution in [0.15, 0.2) is 24.3 Å². The molecule has 2 nitrogen and oxygen atoms in total. The van der Waals surface area contributed by atoms with E-state index in [1.54, 1.807) is 0 Å². The van der Waals surface area contributed by atoms with E-state index in [2.05, 4.69) is 48.5 Å². The SMILES string of the molecule is CCC1CCC(N(C)Cc2ccccc2CCNC)CC1. The lowest BCUT2D eigenvalue weighted by atomic mass is 9.84. The molecule has 0 aliphatic heterocycles. The third-order valence-corrected chi connectivity index (χ3v) is 5.20. The predicted molar refractivity (Wildman–Crippen MR) is 91.6 cm³/mol. The maximum absolute atomic E-state index is 3.26. The minimum Gasteiger partial charge on any atom is -0.319 e. The minimum atomic E-state index is 0.783. The smallest absolute Gasteiger partial charge is 0.0236 e. The van der Waals surface area contributed by atoms with Gasteiger partial charge in [0.05, 0.1) is 0 Å². The molecule has 1 aliphatic rings. The van der Waals surface area contributed by atoms with Crippen molar-refractivity contribution in [3.05, 3.63) is 35.4 Å². The van der Waals surface area contributed by atoms with Gasteiger partial charge in [0.1, 0.15) is 0 Å². The first-order chi connectivity index (χ1) is 10.2. The molecule has 1 fully saturated rings. The molecule has 118 valence electrons. The highest BCUT2D eigenvalue weighted by Gasteiger charge is 2.23. The zero-order valence-electron chi connectivity index (χ0n) is 14.1. The second kappa shape index (κ2) is 8.55. The average Bonchev–Trinajstić information content (AvgIpc) is 2.54. The maximum Gasteiger partial charge on any atom is 0.0236 e. The molecule has 0 unspecified atom stereocenters. The van der Waals surface area contributed by atoms with E-state index in [0.717, 1.165) is 31.5 Å². The lowest BCUT2D eigenvalue weighted by Gasteiger charge is -2.34. The Morgan fingerprint density at radius 2 is 1.76 bits per heavy atom. The number of benzene rings is 1. The Kier molecular flexibility index (Phi) is 6.72. The van der Waals surface area contributed by atoms with Gasteiger partial charge >= 0.3 is 0 Å². The van der Waals surface area contributed by atoms with Crippen LogP contribution in [0, 0.1) is 5.92 Å². The summed E-state index contributed by atoms with van der Waals surface area (Å²) < 4.78 is 0. The third-order valence-electron chi connectivity index (χ3n) is 5.20. The van der Waals surface area contributed by atoms with Crippen LogP contribution in [0.1, 0.15) is 50.2 Å². The Balaban J connectivity index is 1.92. The van der Waals surface area contributed by atoms with Crippen LogP contribution in [0.5, 0.6) is 0 Å². The Morgan fingerprint density at radius 3 is 2.38 bits per heavy atom. The molecule has 2 heteroatoms. The van der Waals surface area contributed by atoms with E-state index in [1.165, 1.54) is 43.2 Å². The molecule has 21 heavy (non-hydrogen) atoms. The number of hydrogen-bond acceptors (Lipinski definition) is 2. The quantitative estimate of drug-likeness (QED) is 0.820. The van der Waals surface area contributed by atoms with E-state index in [1.807, 2.05) is 7.05 Å². The van der Waals surface area contributed by atoms with Crippen LogP contribution in [0.2, 0.25) is 0 Å². The molecule has 0 amide bonds. The molecule has 1 N–H and O–H groups in total. The summed E-state index contributed by atoms with van der Waals surface area (Å²) in [5, 5.41) is 3.26. The highest BCUT2D eigenvalue weighted by Crippen LogP contribution is 2.29. The standard InChI is InChI=1S/C19H32N2/c1-4-16-9-11-19(12-10-16)21(3)15-18-8-6-5-7-17(18)13-14-20-2/h5-8,16,19-20H,4,9-15H2,1-3H3. The van der Waals surface area contributed by atoms with E-state index in [0.29, 0.717) is 0 Å². The van der Waals surface area contributed by atoms with Crippen molar-refractivity contribution in [1.29, 1.82) is 0 Å². The van der Waals surface area contributed by atoms with Crippen LogP contribution in [-0.2, 0) is 13.0 Å². The zero-order valence-corrected chi connectivity index (χ0v) is 14.1. The molecule has 0 bridgehead atoms. The molecular formula is C19H32N2. The molecule has 1 aromatic rings. The Morgan fingerprint density at radius 1 is 1.10 bits per heavy atom. The van der Waals surface area contributed by atoms with Gasteiger partial charge in [-0.1, -0.05) is 37.6 Å². The fourth-order valence-corrected chi connectivity index (χ4v) is 3.61. The van der Waals surface area contributed by atoms with Crippen LogP contribution < -0.4 is 5.32 Å². The van der Waals surface area contributed by atoms with Crippen LogP contribution >= 0.6 is 0 Å². The number of likely N-dealkylation sites (N-methyl/N-ethyl adjacent to an activating group) is 1. The zero-order chi connectivity index (χ0) is 15.1. The van der Waals surface area contributed by atoms with E-state index >= 15 is 0 Å². The van der Waals surface area contributed by atoms with Gasteiger partial charge in [0.2, 0.25) is 0 Å². The van der Waals surface area contributed by atoms with Gasteiger partial charge in [-0.15, -0.1) is 0 Å². The summed E-state index contributed by atoms with van der Waals surface area (Å²) in [6.45, 7) is 4.50. The Labute approximate surface area is 130 Å². The molecule has 1 saturated carbocycles. The first kappa shape index (κ1) is 16.5. The summed E-state index contributed by atoms with van der Waals surface area (Å²) in [6, 6.07) is 9.72. The monoisotopic (exact) mass is 288 g/mol. The lowest BCUT2D eigenvalue weighted by Crippen LogP contribution is -2.35. The lowest BCUT2D eigenvalue weighted by molar-refractivity contribution is 0.157. The molecule has 2 rings (SSSR count). The summed E-state index contributed by atoms with van der Waals surface area (Å²) in [7, 11) is 4.34. The van der Waals surface area contributed by atoms with Crippen molar-refractivity contribution < 1.29 is 0 Å². The van der Waals surface area contributed by atoms with Crippen LogP contribution in [0.25, 0.3) is 0 Å². The van der Waals surface area contributed by atoms with E-state index in [-0.39, 0.29) is 0 Å². The van der Waals surface area contributed by atoms with Crippen molar-refractivity contribution >= 4 is 0 Å². The predicted octanol–water partition coefficient (Wildman–Crippen LogP) is 3.85. The van der Waals surface area contributed by atoms with E-state index in [4.69, 9.17) is 0 Å². The summed E-state index contributed by atoms with van der Waals surface area (Å²) in [4.78, 5) is 2.59. The highest BCUT2D eigenvalue weighted by atomic mass is 15.1. The molecule has 1 aliphatic carbocycles. The fraction of sp³-hybridized carbons (Fsp3) is 0.684. The van der Waals surface area contributed by atoms with Crippen LogP contribution in [0.3, 0.4) is 0 Å². The first-order valence-electron chi connectivity index (χ1n) is 8.66. The van der Waals surface area contributed by atoms with Gasteiger partial charge in [0.25, 0.3) is 0 Å². The fourth-order valence-electron chi connectivity index (χ4n) is 3.61. The minimum absolute atomic E-state index is 0.783. The molecule has 0 spiro atoms. The average molecular weight is 288 g/mol. The highest BCUT2D eigenvalue weighted by molar-refractivity contribution is 5.27. The van der Waals surface area contributed by atoms with Crippen molar-refractivity contribution in [3.63, 3.8) is 0 Å². The summed E-state index contributed by atoms with van der Waals surface area (Å²) in [5.41, 5.74) is 3.01. The summed E-state index contributed by atoms with van der Waals surface area (Å²) >= 11 is 0. The second-order valence-corrected chi connectivity index (χ2v) is 6.62. The molecule has 0 atom stereocenters. The van der Waals surface area contributed by atoms with Gasteiger partial charge in [-0.2, -0.15) is 0 Å². The Bertz CT molecular complexity index is 408. The molecule has 1 aromatic carbocycles. The van der Waals surface area contributed by atoms with Crippen molar-refractivity contribution in [2.45, 2.75) is 58.0 Å². The number of rotatable bonds is 7. The van der Waals surface area contributed by atoms with Crippen LogP contribution in [-0.4, -0.2) is 31.6 Å². The van der Waals surface area contributed by atoms with Gasteiger partial charge in [-0.05, 0) is 69.8 Å². The normalized spacial score (nSPS) is 22.7. The molecule has 0 aromatic heterocycles. The largest absolute Gasteiger partial charge is 0.319 e. The van der Waals surface area contributed by atoms with Gasteiger partial charge in [-0.25, -0.2) is 0 Å². The topological polar surface area (TPSA) is 15.3 Å². The molecular weight excluding hydrogens is 256 g/mol. The third kappa shape index (κ3) is 4.82. The second-order valence-electron chi connectivity index (χ2n) is 6.62. The van der Waals surface area contributed by atoms with E-state index in [9.17, 15) is 0 Å². The van der Waals surface area contributed by atoms with Crippen molar-refractivity contribution in [3.8, 4) is 0 Å². The van der Waals surface area contributed by atoms with Crippen molar-refractivity contribution in [1.82, 2.24) is 10.2 Å². The molecule has 0 saturated heterocycles. The van der Waals surface area contributed by atoms with E-state index < -0.39 is 0 Å². The number of nitrogens with one attached hydrogen (secondary N) is 1. The van der Waals surface area contributed by atoms with Crippen molar-refractivity contribution in [2.24, 2.45) is 5.92 Å². The molecule has 0 radical (unpaired) electrons. The number of nitrogens with zero attached hydrogens (tertiary/aromatic N) is 1. The maximum atomic E-state index is 3.26. The van der Waals surface area contributed by atoms with Crippen molar-refractivity contribution in [2.75, 3.05) is 20.6 Å². The van der Waals surface area contributed by atoms with Gasteiger partial charge in [0, 0.05) is 12.6 Å².